The number of nitrogens with two attached hydrogens (primary N) is 1. The molecular weight excluding hydrogens is 302 g/mol. The Bertz CT molecular complexity index is 833. The van der Waals surface area contributed by atoms with Crippen LogP contribution in [0.2, 0.25) is 5.02 Å². The van der Waals surface area contributed by atoms with Gasteiger partial charge in [-0.15, -0.1) is 0 Å². The van der Waals surface area contributed by atoms with Gasteiger partial charge < -0.3 is 11.1 Å². The van der Waals surface area contributed by atoms with E-state index in [1.54, 1.807) is 12.3 Å². The molecule has 0 atom stereocenters. The fourth-order valence-electron chi connectivity index (χ4n) is 2.17. The fraction of sp³-hybridized carbons (Fsp3) is 0. The number of para-hydroxylation sites is 1. The number of thiocarbonyl (C=S) groups is 1. The summed E-state index contributed by atoms with van der Waals surface area (Å²) in [5.41, 5.74) is 8.97. The lowest BCUT2D eigenvalue weighted by molar-refractivity contribution is 1.39. The van der Waals surface area contributed by atoms with Gasteiger partial charge in [-0.1, -0.05) is 48.1 Å². The smallest absolute Gasteiger partial charge is 0.107 e. The molecule has 0 unspecified atom stereocenters. The largest absolute Gasteiger partial charge is 0.389 e. The summed E-state index contributed by atoms with van der Waals surface area (Å²) in [6.07, 6.45) is 1.77. The first kappa shape index (κ1) is 13.8. The Morgan fingerprint density at radius 3 is 2.76 bits per heavy atom. The van der Waals surface area contributed by atoms with Gasteiger partial charge in [-0.2, -0.15) is 0 Å². The van der Waals surface area contributed by atoms with Gasteiger partial charge in [-0.3, -0.25) is 4.98 Å². The Morgan fingerprint density at radius 1 is 1.14 bits per heavy atom. The minimum Gasteiger partial charge on any atom is -0.389 e. The summed E-state index contributed by atoms with van der Waals surface area (Å²) in [6.45, 7) is 0. The molecule has 0 aliphatic carbocycles. The first-order valence-electron chi connectivity index (χ1n) is 6.35. The van der Waals surface area contributed by atoms with Crippen molar-refractivity contribution < 1.29 is 0 Å². The highest BCUT2D eigenvalue weighted by molar-refractivity contribution is 7.80. The standard InChI is InChI=1S/C16H12ClN3S/c17-12-5-3-7-14(15(12)16(18)21)20-11-8-10-4-1-2-6-13(10)19-9-11/h1-9,20H,(H2,18,21). The van der Waals surface area contributed by atoms with Crippen LogP contribution in [-0.4, -0.2) is 9.97 Å². The second-order valence-corrected chi connectivity index (χ2v) is 5.42. The number of nitrogens with zero attached hydrogens (tertiary/aromatic N) is 1. The highest BCUT2D eigenvalue weighted by Crippen LogP contribution is 2.28. The molecule has 0 amide bonds. The van der Waals surface area contributed by atoms with E-state index in [4.69, 9.17) is 29.6 Å². The molecular formula is C16H12ClN3S. The second-order valence-electron chi connectivity index (χ2n) is 4.57. The van der Waals surface area contributed by atoms with Crippen molar-refractivity contribution >= 4 is 51.1 Å². The van der Waals surface area contributed by atoms with Crippen LogP contribution in [0.15, 0.2) is 54.7 Å². The molecule has 0 spiro atoms. The molecule has 21 heavy (non-hydrogen) atoms. The van der Waals surface area contributed by atoms with E-state index in [0.717, 1.165) is 22.3 Å². The highest BCUT2D eigenvalue weighted by Gasteiger charge is 2.10. The van der Waals surface area contributed by atoms with Crippen LogP contribution in [0.1, 0.15) is 5.56 Å². The SMILES string of the molecule is NC(=S)c1c(Cl)cccc1Nc1cnc2ccccc2c1. The summed E-state index contributed by atoms with van der Waals surface area (Å²) in [7, 11) is 0. The van der Waals surface area contributed by atoms with E-state index in [0.29, 0.717) is 10.6 Å². The van der Waals surface area contributed by atoms with E-state index >= 15 is 0 Å². The normalized spacial score (nSPS) is 10.5. The molecule has 0 saturated carbocycles. The number of halogens is 1. The summed E-state index contributed by atoms with van der Waals surface area (Å²) in [5.74, 6) is 0. The van der Waals surface area contributed by atoms with Gasteiger partial charge in [0.25, 0.3) is 0 Å². The molecule has 1 heterocycles. The fourth-order valence-corrected chi connectivity index (χ4v) is 2.73. The maximum atomic E-state index is 6.16. The van der Waals surface area contributed by atoms with Crippen molar-refractivity contribution in [1.82, 2.24) is 4.98 Å². The van der Waals surface area contributed by atoms with Gasteiger partial charge in [0.15, 0.2) is 0 Å². The van der Waals surface area contributed by atoms with Crippen molar-refractivity contribution in [3.63, 3.8) is 0 Å². The number of anilines is 2. The third-order valence-electron chi connectivity index (χ3n) is 3.13. The summed E-state index contributed by atoms with van der Waals surface area (Å²) >= 11 is 11.2. The number of nitrogens with one attached hydrogen (secondary N) is 1. The highest BCUT2D eigenvalue weighted by atomic mass is 35.5. The van der Waals surface area contributed by atoms with E-state index in [1.807, 2.05) is 42.5 Å². The molecule has 0 fully saturated rings. The predicted octanol–water partition coefficient (Wildman–Crippen LogP) is 4.27. The van der Waals surface area contributed by atoms with Gasteiger partial charge in [-0.25, -0.2) is 0 Å². The molecule has 2 aromatic carbocycles. The molecule has 0 radical (unpaired) electrons. The Kier molecular flexibility index (Phi) is 3.73. The van der Waals surface area contributed by atoms with Crippen LogP contribution >= 0.6 is 23.8 Å². The van der Waals surface area contributed by atoms with Gasteiger partial charge >= 0.3 is 0 Å². The van der Waals surface area contributed by atoms with Gasteiger partial charge in [-0.05, 0) is 24.3 Å². The van der Waals surface area contributed by atoms with Crippen molar-refractivity contribution in [2.24, 2.45) is 5.73 Å². The van der Waals surface area contributed by atoms with Crippen LogP contribution in [0.4, 0.5) is 11.4 Å². The maximum absolute atomic E-state index is 6.16. The monoisotopic (exact) mass is 313 g/mol. The predicted molar refractivity (Wildman–Crippen MR) is 92.4 cm³/mol. The Morgan fingerprint density at radius 2 is 1.95 bits per heavy atom. The zero-order chi connectivity index (χ0) is 14.8. The number of fused-ring (bicyclic) bond motifs is 1. The minimum atomic E-state index is 0.261. The number of hydrogen-bond donors (Lipinski definition) is 2. The zero-order valence-corrected chi connectivity index (χ0v) is 12.6. The summed E-state index contributed by atoms with van der Waals surface area (Å²) in [4.78, 5) is 4.68. The Labute approximate surface area is 132 Å². The van der Waals surface area contributed by atoms with Crippen LogP contribution in [0.25, 0.3) is 10.9 Å². The lowest BCUT2D eigenvalue weighted by Gasteiger charge is -2.12. The van der Waals surface area contributed by atoms with Crippen molar-refractivity contribution in [2.75, 3.05) is 5.32 Å². The average Bonchev–Trinajstić information content (AvgIpc) is 2.47. The van der Waals surface area contributed by atoms with Crippen LogP contribution in [0.5, 0.6) is 0 Å². The Balaban J connectivity index is 2.02. The number of pyridine rings is 1. The van der Waals surface area contributed by atoms with Crippen molar-refractivity contribution in [2.45, 2.75) is 0 Å². The zero-order valence-electron chi connectivity index (χ0n) is 11.0. The molecule has 3 nitrogen and oxygen atoms in total. The summed E-state index contributed by atoms with van der Waals surface area (Å²) < 4.78 is 0. The lowest BCUT2D eigenvalue weighted by Crippen LogP contribution is -2.12. The minimum absolute atomic E-state index is 0.261. The van der Waals surface area contributed by atoms with E-state index in [2.05, 4.69) is 10.3 Å². The first-order chi connectivity index (χ1) is 10.1. The Hall–Kier alpha value is -2.17. The van der Waals surface area contributed by atoms with Crippen LogP contribution < -0.4 is 11.1 Å². The summed E-state index contributed by atoms with van der Waals surface area (Å²) in [5, 5.41) is 4.86. The van der Waals surface area contributed by atoms with E-state index in [9.17, 15) is 0 Å². The number of benzene rings is 2. The molecule has 3 rings (SSSR count). The van der Waals surface area contributed by atoms with Crippen LogP contribution in [-0.2, 0) is 0 Å². The van der Waals surface area contributed by atoms with Crippen LogP contribution in [0, 0.1) is 0 Å². The van der Waals surface area contributed by atoms with Gasteiger partial charge in [0, 0.05) is 5.39 Å². The van der Waals surface area contributed by atoms with Gasteiger partial charge in [0.2, 0.25) is 0 Å². The molecule has 0 bridgehead atoms. The molecule has 0 saturated heterocycles. The van der Waals surface area contributed by atoms with Crippen molar-refractivity contribution in [1.29, 1.82) is 0 Å². The third kappa shape index (κ3) is 2.82. The van der Waals surface area contributed by atoms with Crippen LogP contribution in [0.3, 0.4) is 0 Å². The number of aromatic nitrogens is 1. The average molecular weight is 314 g/mol. The molecule has 5 heteroatoms. The van der Waals surface area contributed by atoms with E-state index < -0.39 is 0 Å². The molecule has 3 aromatic rings. The quantitative estimate of drug-likeness (QED) is 0.709. The molecule has 0 aliphatic heterocycles. The molecule has 0 aliphatic rings. The number of rotatable bonds is 3. The van der Waals surface area contributed by atoms with Crippen molar-refractivity contribution in [3.05, 3.63) is 65.3 Å². The van der Waals surface area contributed by atoms with Gasteiger partial charge in [0.05, 0.1) is 33.7 Å². The lowest BCUT2D eigenvalue weighted by atomic mass is 10.1. The molecule has 3 N–H and O–H groups in total. The van der Waals surface area contributed by atoms with Gasteiger partial charge in [0.1, 0.15) is 4.99 Å². The molecule has 1 aromatic heterocycles. The van der Waals surface area contributed by atoms with Crippen molar-refractivity contribution in [3.8, 4) is 0 Å². The van der Waals surface area contributed by atoms with E-state index in [-0.39, 0.29) is 4.99 Å². The second kappa shape index (κ2) is 5.68. The molecule has 104 valence electrons. The number of hydrogen-bond acceptors (Lipinski definition) is 3. The third-order valence-corrected chi connectivity index (χ3v) is 3.65. The maximum Gasteiger partial charge on any atom is 0.107 e. The summed E-state index contributed by atoms with van der Waals surface area (Å²) in [6, 6.07) is 15.4. The first-order valence-corrected chi connectivity index (χ1v) is 7.14. The van der Waals surface area contributed by atoms with E-state index in [1.165, 1.54) is 0 Å². The topological polar surface area (TPSA) is 50.9 Å².